The van der Waals surface area contributed by atoms with E-state index in [9.17, 15) is 14.7 Å². The third kappa shape index (κ3) is 3.61. The van der Waals surface area contributed by atoms with Gasteiger partial charge in [0.15, 0.2) is 6.04 Å². The summed E-state index contributed by atoms with van der Waals surface area (Å²) in [4.78, 5) is 27.8. The van der Waals surface area contributed by atoms with Crippen LogP contribution in [0.15, 0.2) is 53.7 Å². The molecule has 5 nitrogen and oxygen atoms in total. The van der Waals surface area contributed by atoms with Gasteiger partial charge in [0.2, 0.25) is 0 Å². The Balaban J connectivity index is 2.25. The van der Waals surface area contributed by atoms with Gasteiger partial charge < -0.3 is 10.4 Å². The molecule has 0 saturated heterocycles. The summed E-state index contributed by atoms with van der Waals surface area (Å²) < 4.78 is 0. The molecule has 6 heteroatoms. The Morgan fingerprint density at radius 3 is 2.52 bits per heavy atom. The number of carboxylic acids is 1. The van der Waals surface area contributed by atoms with E-state index in [1.807, 2.05) is 6.26 Å². The van der Waals surface area contributed by atoms with Crippen LogP contribution in [0.3, 0.4) is 0 Å². The number of nitrogens with one attached hydrogen (secondary N) is 1. The van der Waals surface area contributed by atoms with Crippen molar-refractivity contribution in [3.05, 3.63) is 59.8 Å². The lowest BCUT2D eigenvalue weighted by atomic mass is 10.1. The van der Waals surface area contributed by atoms with Crippen LogP contribution < -0.4 is 5.32 Å². The minimum atomic E-state index is -1.11. The summed E-state index contributed by atoms with van der Waals surface area (Å²) in [5.74, 6) is -1.56. The number of pyridine rings is 1. The quantitative estimate of drug-likeness (QED) is 0.829. The van der Waals surface area contributed by atoms with Crippen molar-refractivity contribution in [2.75, 3.05) is 6.26 Å². The number of aromatic nitrogens is 1. The van der Waals surface area contributed by atoms with E-state index in [4.69, 9.17) is 0 Å². The first-order valence-corrected chi connectivity index (χ1v) is 7.43. The fourth-order valence-corrected chi connectivity index (χ4v) is 2.42. The first-order chi connectivity index (χ1) is 10.1. The van der Waals surface area contributed by atoms with Crippen LogP contribution in [0.1, 0.15) is 22.0 Å². The molecule has 0 aliphatic heterocycles. The standard InChI is InChI=1S/C15H14N2O3S/c1-21-14-11(8-5-9-16-14)13(18)17-12(15(19)20)10-6-3-2-4-7-10/h2-9,12H,1H3,(H,17,18)(H,19,20)/t12-/m0/s1. The molecule has 1 heterocycles. The Bertz CT molecular complexity index is 646. The molecule has 1 aromatic heterocycles. The number of rotatable bonds is 5. The van der Waals surface area contributed by atoms with Gasteiger partial charge in [-0.2, -0.15) is 0 Å². The van der Waals surface area contributed by atoms with Gasteiger partial charge in [0.1, 0.15) is 5.03 Å². The first-order valence-electron chi connectivity index (χ1n) is 6.21. The lowest BCUT2D eigenvalue weighted by Gasteiger charge is -2.15. The van der Waals surface area contributed by atoms with E-state index in [-0.39, 0.29) is 0 Å². The monoisotopic (exact) mass is 302 g/mol. The molecule has 0 saturated carbocycles. The zero-order chi connectivity index (χ0) is 15.2. The topological polar surface area (TPSA) is 79.3 Å². The number of thioether (sulfide) groups is 1. The van der Waals surface area contributed by atoms with Gasteiger partial charge in [-0.3, -0.25) is 4.79 Å². The van der Waals surface area contributed by atoms with Crippen molar-refractivity contribution in [3.8, 4) is 0 Å². The fraction of sp³-hybridized carbons (Fsp3) is 0.133. The van der Waals surface area contributed by atoms with E-state index in [1.54, 1.807) is 48.7 Å². The molecule has 0 aliphatic carbocycles. The molecule has 0 radical (unpaired) electrons. The summed E-state index contributed by atoms with van der Waals surface area (Å²) in [6.45, 7) is 0. The van der Waals surface area contributed by atoms with Gasteiger partial charge in [-0.25, -0.2) is 9.78 Å². The van der Waals surface area contributed by atoms with Crippen LogP contribution in [-0.2, 0) is 4.79 Å². The van der Waals surface area contributed by atoms with E-state index in [0.717, 1.165) is 0 Å². The molecule has 21 heavy (non-hydrogen) atoms. The maximum absolute atomic E-state index is 12.3. The Kier molecular flexibility index (Phi) is 4.94. The number of benzene rings is 1. The Morgan fingerprint density at radius 1 is 1.19 bits per heavy atom. The number of nitrogens with zero attached hydrogens (tertiary/aromatic N) is 1. The zero-order valence-electron chi connectivity index (χ0n) is 11.3. The van der Waals surface area contributed by atoms with Gasteiger partial charge in [0.05, 0.1) is 5.56 Å². The second-order valence-corrected chi connectivity index (χ2v) is 5.01. The summed E-state index contributed by atoms with van der Waals surface area (Å²) in [7, 11) is 0. The van der Waals surface area contributed by atoms with Crippen LogP contribution in [0.25, 0.3) is 0 Å². The number of carboxylic acid groups (broad SMARTS) is 1. The van der Waals surface area contributed by atoms with E-state index in [0.29, 0.717) is 16.2 Å². The number of amides is 1. The summed E-state index contributed by atoms with van der Waals surface area (Å²) in [5, 5.41) is 12.4. The van der Waals surface area contributed by atoms with Gasteiger partial charge >= 0.3 is 5.97 Å². The van der Waals surface area contributed by atoms with Crippen LogP contribution in [0, 0.1) is 0 Å². The third-order valence-corrected chi connectivity index (χ3v) is 3.58. The van der Waals surface area contributed by atoms with Crippen molar-refractivity contribution in [2.24, 2.45) is 0 Å². The SMILES string of the molecule is CSc1ncccc1C(=O)N[C@H](C(=O)O)c1ccccc1. The van der Waals surface area contributed by atoms with Crippen molar-refractivity contribution in [2.45, 2.75) is 11.1 Å². The summed E-state index contributed by atoms with van der Waals surface area (Å²) in [6.07, 6.45) is 3.40. The van der Waals surface area contributed by atoms with E-state index < -0.39 is 17.9 Å². The van der Waals surface area contributed by atoms with Gasteiger partial charge in [-0.05, 0) is 24.0 Å². The lowest BCUT2D eigenvalue weighted by Crippen LogP contribution is -2.34. The predicted octanol–water partition coefficient (Wildman–Crippen LogP) is 2.36. The number of hydrogen-bond donors (Lipinski definition) is 2. The summed E-state index contributed by atoms with van der Waals surface area (Å²) >= 11 is 1.34. The van der Waals surface area contributed by atoms with Gasteiger partial charge in [0.25, 0.3) is 5.91 Å². The number of carbonyl (C=O) groups excluding carboxylic acids is 1. The maximum Gasteiger partial charge on any atom is 0.330 e. The van der Waals surface area contributed by atoms with E-state index >= 15 is 0 Å². The highest BCUT2D eigenvalue weighted by molar-refractivity contribution is 7.98. The molecule has 0 unspecified atom stereocenters. The Morgan fingerprint density at radius 2 is 1.90 bits per heavy atom. The molecule has 108 valence electrons. The highest BCUT2D eigenvalue weighted by atomic mass is 32.2. The van der Waals surface area contributed by atoms with Crippen molar-refractivity contribution in [1.29, 1.82) is 0 Å². The molecule has 0 spiro atoms. The average molecular weight is 302 g/mol. The van der Waals surface area contributed by atoms with Crippen molar-refractivity contribution < 1.29 is 14.7 Å². The van der Waals surface area contributed by atoms with Gasteiger partial charge in [-0.1, -0.05) is 30.3 Å². The maximum atomic E-state index is 12.3. The fourth-order valence-electron chi connectivity index (χ4n) is 1.87. The number of aliphatic carboxylic acids is 1. The second kappa shape index (κ2) is 6.90. The minimum absolute atomic E-state index is 0.368. The summed E-state index contributed by atoms with van der Waals surface area (Å²) in [5.41, 5.74) is 0.889. The molecule has 1 atom stereocenters. The predicted molar refractivity (Wildman–Crippen MR) is 80.3 cm³/mol. The first kappa shape index (κ1) is 15.1. The molecule has 2 rings (SSSR count). The average Bonchev–Trinajstić information content (AvgIpc) is 2.52. The van der Waals surface area contributed by atoms with Crippen molar-refractivity contribution in [3.63, 3.8) is 0 Å². The molecular formula is C15H14N2O3S. The van der Waals surface area contributed by atoms with Crippen molar-refractivity contribution in [1.82, 2.24) is 10.3 Å². The van der Waals surface area contributed by atoms with E-state index in [2.05, 4.69) is 10.3 Å². The normalized spacial score (nSPS) is 11.7. The smallest absolute Gasteiger partial charge is 0.330 e. The Hall–Kier alpha value is -2.34. The molecular weight excluding hydrogens is 288 g/mol. The zero-order valence-corrected chi connectivity index (χ0v) is 12.1. The minimum Gasteiger partial charge on any atom is -0.479 e. The van der Waals surface area contributed by atoms with Gasteiger partial charge in [-0.15, -0.1) is 11.8 Å². The highest BCUT2D eigenvalue weighted by Crippen LogP contribution is 2.19. The molecule has 1 aromatic carbocycles. The number of carbonyl (C=O) groups is 2. The molecule has 0 aliphatic rings. The largest absolute Gasteiger partial charge is 0.479 e. The van der Waals surface area contributed by atoms with Crippen LogP contribution in [0.5, 0.6) is 0 Å². The lowest BCUT2D eigenvalue weighted by molar-refractivity contribution is -0.139. The number of hydrogen-bond acceptors (Lipinski definition) is 4. The third-order valence-electron chi connectivity index (χ3n) is 2.86. The van der Waals surface area contributed by atoms with Crippen molar-refractivity contribution >= 4 is 23.6 Å². The van der Waals surface area contributed by atoms with Crippen LogP contribution in [-0.4, -0.2) is 28.2 Å². The van der Waals surface area contributed by atoms with Gasteiger partial charge in [0, 0.05) is 6.20 Å². The molecule has 2 aromatic rings. The van der Waals surface area contributed by atoms with Crippen LogP contribution >= 0.6 is 11.8 Å². The molecule has 0 bridgehead atoms. The van der Waals surface area contributed by atoms with E-state index in [1.165, 1.54) is 11.8 Å². The Labute approximate surface area is 126 Å². The summed E-state index contributed by atoms with van der Waals surface area (Å²) in [6, 6.07) is 10.8. The molecule has 1 amide bonds. The van der Waals surface area contributed by atoms with Crippen LogP contribution in [0.2, 0.25) is 0 Å². The molecule has 2 N–H and O–H groups in total. The highest BCUT2D eigenvalue weighted by Gasteiger charge is 2.23. The van der Waals surface area contributed by atoms with Crippen LogP contribution in [0.4, 0.5) is 0 Å². The second-order valence-electron chi connectivity index (χ2n) is 4.22. The molecule has 0 fully saturated rings.